The van der Waals surface area contributed by atoms with E-state index >= 15 is 14.4 Å². The number of rotatable bonds is 69. The van der Waals surface area contributed by atoms with Gasteiger partial charge in [0.25, 0.3) is 0 Å². The predicted molar refractivity (Wildman–Crippen MR) is 439 cm³/mol. The number of hydrogen-bond donors (Lipinski definition) is 18. The molecule has 0 radical (unpaired) electrons. The number of nitrogens with one attached hydrogen (secondary N) is 17. The SMILES string of the molecule is NC(CCC(=O)CC(CCC(=O)CCCNC(=O)C(F)(F)F)(CCC(=O)NCCCC(=O)C(F)(F)F)CCC(=O)NCCCC(=O)C(F)(F)F)(CCC(=O)NC(CCC(=O)NCCNC(=O)C(F)(F)F)(CCC(=O)NCCNC(=O)C(F)(F)F)CCC(=O)NCCNC(=O)C(F)(F)F)CCC(=O)NC(CCC(=O)NCCNC(=O)C(F)(F)F)(CCC(=O)NCCNC(=O)C(F)(F)F)CC(=O)NCCNC(=O)C(F)(F)F. The highest BCUT2D eigenvalue weighted by Crippen LogP contribution is 2.41. The Bertz CT molecular complexity index is 3890. The van der Waals surface area contributed by atoms with Crippen LogP contribution in [0.2, 0.25) is 0 Å². The molecule has 0 aliphatic heterocycles. The third-order valence-electron chi connectivity index (χ3n) is 20.9. The smallest absolute Gasteiger partial charge is 0.356 e. The molecule has 0 fully saturated rings. The van der Waals surface area contributed by atoms with Crippen molar-refractivity contribution in [2.24, 2.45) is 11.1 Å². The number of alkyl halides is 27. The van der Waals surface area contributed by atoms with Crippen LogP contribution in [-0.2, 0) is 101 Å². The van der Waals surface area contributed by atoms with Crippen LogP contribution in [0.1, 0.15) is 193 Å². The molecular formula is C79H109F27N18O21. The third-order valence-corrected chi connectivity index (χ3v) is 20.9. The quantitative estimate of drug-likeness (QED) is 0.0307. The Morgan fingerprint density at radius 1 is 0.172 bits per heavy atom. The van der Waals surface area contributed by atoms with Crippen LogP contribution in [0.15, 0.2) is 0 Å². The molecule has 0 aliphatic carbocycles. The van der Waals surface area contributed by atoms with Gasteiger partial charge >= 0.3 is 96.9 Å². The summed E-state index contributed by atoms with van der Waals surface area (Å²) in [5.74, 6) is -36.6. The number of ketones is 4. The molecule has 0 aromatic carbocycles. The maximum Gasteiger partial charge on any atom is 0.471 e. The van der Waals surface area contributed by atoms with E-state index in [0.29, 0.717) is 0 Å². The van der Waals surface area contributed by atoms with Gasteiger partial charge in [0, 0.05) is 218 Å². The van der Waals surface area contributed by atoms with Gasteiger partial charge in [0.05, 0.1) is 0 Å². The second-order valence-electron chi connectivity index (χ2n) is 32.7. The van der Waals surface area contributed by atoms with E-state index < -0.39 is 492 Å². The van der Waals surface area contributed by atoms with Crippen molar-refractivity contribution in [3.8, 4) is 0 Å². The largest absolute Gasteiger partial charge is 0.471 e. The van der Waals surface area contributed by atoms with Crippen LogP contribution in [0.25, 0.3) is 0 Å². The molecule has 0 aromatic heterocycles. The lowest BCUT2D eigenvalue weighted by Gasteiger charge is -2.37. The van der Waals surface area contributed by atoms with E-state index in [1.165, 1.54) is 37.2 Å². The monoisotopic (exact) mass is 2160 g/mol. The lowest BCUT2D eigenvalue weighted by molar-refractivity contribution is -0.173. The van der Waals surface area contributed by atoms with Gasteiger partial charge in [-0.2, -0.15) is 119 Å². The van der Waals surface area contributed by atoms with Gasteiger partial charge in [0.15, 0.2) is 0 Å². The summed E-state index contributed by atoms with van der Waals surface area (Å²) in [7, 11) is 0. The van der Waals surface area contributed by atoms with E-state index in [4.69, 9.17) is 5.73 Å². The number of Topliss-reactive ketones (excluding diaryl/α,β-unsaturated/α-hetero) is 4. The molecule has 0 saturated carbocycles. The van der Waals surface area contributed by atoms with Crippen molar-refractivity contribution in [3.63, 3.8) is 0 Å². The van der Waals surface area contributed by atoms with Crippen LogP contribution >= 0.6 is 0 Å². The van der Waals surface area contributed by atoms with Crippen LogP contribution in [-0.4, -0.2) is 294 Å². The fraction of sp³-hybridized carbons (Fsp3) is 0.734. The van der Waals surface area contributed by atoms with E-state index in [9.17, 15) is 205 Å². The zero-order valence-corrected chi connectivity index (χ0v) is 76.7. The summed E-state index contributed by atoms with van der Waals surface area (Å²) >= 11 is 0. The highest BCUT2D eigenvalue weighted by atomic mass is 19.4. The zero-order valence-electron chi connectivity index (χ0n) is 76.7. The zero-order chi connectivity index (χ0) is 111. The Hall–Kier alpha value is -12.3. The van der Waals surface area contributed by atoms with E-state index in [1.807, 2.05) is 5.32 Å². The van der Waals surface area contributed by atoms with E-state index in [1.54, 1.807) is 0 Å². The fourth-order valence-electron chi connectivity index (χ4n) is 13.1. The molecular weight excluding hydrogens is 2050 g/mol. The Balaban J connectivity index is 9.33. The molecule has 0 rings (SSSR count). The van der Waals surface area contributed by atoms with Crippen molar-refractivity contribution in [1.29, 1.82) is 0 Å². The third kappa shape index (κ3) is 61.0. The summed E-state index contributed by atoms with van der Waals surface area (Å²) in [6.45, 7) is -13.1. The Kier molecular flexibility index (Phi) is 56.7. The lowest BCUT2D eigenvalue weighted by Crippen LogP contribution is -2.53. The Morgan fingerprint density at radius 3 is 0.634 bits per heavy atom. The predicted octanol–water partition coefficient (Wildman–Crippen LogP) is 3.16. The van der Waals surface area contributed by atoms with Crippen LogP contribution in [0, 0.1) is 5.41 Å². The molecule has 1 atom stereocenters. The average molecular weight is 2160 g/mol. The summed E-state index contributed by atoms with van der Waals surface area (Å²) in [5.41, 5.74) is -2.09. The molecule has 19 N–H and O–H groups in total. The van der Waals surface area contributed by atoms with Gasteiger partial charge in [0.1, 0.15) is 11.6 Å². The van der Waals surface area contributed by atoms with Gasteiger partial charge < -0.3 is 96.1 Å². The lowest BCUT2D eigenvalue weighted by atomic mass is 9.70. The van der Waals surface area contributed by atoms with E-state index in [2.05, 4.69) is 47.9 Å². The van der Waals surface area contributed by atoms with Gasteiger partial charge in [-0.1, -0.05) is 0 Å². The van der Waals surface area contributed by atoms with Crippen molar-refractivity contribution in [2.45, 2.75) is 265 Å². The van der Waals surface area contributed by atoms with Gasteiger partial charge in [-0.05, 0) is 95.3 Å². The molecule has 66 heteroatoms. The minimum atomic E-state index is -5.53. The van der Waals surface area contributed by atoms with Crippen LogP contribution in [0.4, 0.5) is 119 Å². The van der Waals surface area contributed by atoms with Gasteiger partial charge in [-0.25, -0.2) is 0 Å². The summed E-state index contributed by atoms with van der Waals surface area (Å²) in [5, 5.41) is 31.5. The Labute approximate surface area is 805 Å². The maximum absolute atomic E-state index is 15.2. The highest BCUT2D eigenvalue weighted by Gasteiger charge is 2.47. The first kappa shape index (κ1) is 133. The van der Waals surface area contributed by atoms with Gasteiger partial charge in [-0.15, -0.1) is 0 Å². The van der Waals surface area contributed by atoms with Crippen LogP contribution < -0.4 is 96.1 Å². The second kappa shape index (κ2) is 61.9. The number of hydrogen-bond acceptors (Lipinski definition) is 22. The Morgan fingerprint density at radius 2 is 0.366 bits per heavy atom. The van der Waals surface area contributed by atoms with Crippen molar-refractivity contribution in [1.82, 2.24) is 90.4 Å². The molecule has 0 bridgehead atoms. The van der Waals surface area contributed by atoms with Crippen molar-refractivity contribution < 1.29 is 219 Å². The van der Waals surface area contributed by atoms with Gasteiger partial charge in [-0.3, -0.25) is 101 Å². The van der Waals surface area contributed by atoms with Crippen molar-refractivity contribution >= 4 is 124 Å². The molecule has 39 nitrogen and oxygen atoms in total. The molecule has 1 unspecified atom stereocenters. The average Bonchev–Trinajstić information content (AvgIpc) is 0.830. The minimum absolute atomic E-state index is 0.549. The summed E-state index contributed by atoms with van der Waals surface area (Å²) in [6, 6.07) is 0. The minimum Gasteiger partial charge on any atom is -0.356 e. The van der Waals surface area contributed by atoms with Crippen LogP contribution in [0.5, 0.6) is 0 Å². The normalized spacial score (nSPS) is 12.8. The van der Waals surface area contributed by atoms with E-state index in [-0.39, 0.29) is 0 Å². The number of carbonyl (C=O) groups is 21. The van der Waals surface area contributed by atoms with Crippen LogP contribution in [0.3, 0.4) is 0 Å². The number of carbonyl (C=O) groups excluding carboxylic acids is 21. The van der Waals surface area contributed by atoms with Crippen molar-refractivity contribution in [2.75, 3.05) is 98.2 Å². The molecule has 0 heterocycles. The number of amides is 17. The molecule has 145 heavy (non-hydrogen) atoms. The molecule has 0 aliphatic rings. The standard InChI is InChI=1S/C79H109F27N18O21/c80-71(81,82)48(127)5-2-29-108-50(129)9-19-67(18-7-46(125)4-1-31-116-60(139)73(86,87)88,20-10-51(130)109-30-3-6-49(128)72(83,84)85)44-47(126)8-21-68(107,23-12-58(137)124-70(45-59(138)115-37-43-122-66(145)79(104,105)106,27-16-55(134)113-35-41-120-64(143)77(98,99)100)28-17-56(135)114-36-42-121-65(144)78(101,102)103)22-11-57(136)123-69(24-13-52(131)110-32-38-117-61(140)74(89,90)91,25-14-53(132)111-33-39-118-62(141)75(92,93)94)26-15-54(133)112-34-40-119-63(142)76(95,96)97/h1-45,107H2,(H,108,129)(H,109,130)(H,110,131)(H,111,132)(H,112,133)(H,113,134)(H,114,135)(H,115,138)(H,116,139)(H,117,140)(H,118,141)(H,119,142)(H,120,143)(H,121,144)(H,122,145)(H,123,136)(H,124,137). The topological polar surface area (TPSA) is 589 Å². The van der Waals surface area contributed by atoms with Gasteiger partial charge in [0.2, 0.25) is 70.6 Å². The summed E-state index contributed by atoms with van der Waals surface area (Å²) < 4.78 is 353. The molecule has 830 valence electrons. The molecule has 0 saturated heterocycles. The van der Waals surface area contributed by atoms with Crippen molar-refractivity contribution in [3.05, 3.63) is 0 Å². The van der Waals surface area contributed by atoms with E-state index in [0.717, 1.165) is 0 Å². The second-order valence-corrected chi connectivity index (χ2v) is 32.7. The fourth-order valence-corrected chi connectivity index (χ4v) is 13.1. The first-order valence-corrected chi connectivity index (χ1v) is 43.7. The molecule has 0 spiro atoms. The summed E-state index contributed by atoms with van der Waals surface area (Å²) in [4.78, 5) is 272. The first-order chi connectivity index (χ1) is 66.5. The number of halogens is 27. The highest BCUT2D eigenvalue weighted by molar-refractivity contribution is 5.89. The summed E-state index contributed by atoms with van der Waals surface area (Å²) in [6.07, 6.45) is -76.8. The molecule has 0 aromatic rings. The maximum atomic E-state index is 15.2. The first-order valence-electron chi connectivity index (χ1n) is 43.7. The molecule has 17 amide bonds. The number of nitrogens with two attached hydrogens (primary N) is 1.